The Morgan fingerprint density at radius 2 is 1.75 bits per heavy atom. The lowest BCUT2D eigenvalue weighted by Gasteiger charge is -2.16. The van der Waals surface area contributed by atoms with Crippen LogP contribution in [0, 0.1) is 0 Å². The SMILES string of the molecule is C=C(C)C(=O)OOCCCCO[Si](C)(C)C. The van der Waals surface area contributed by atoms with E-state index in [1.807, 2.05) is 0 Å². The molecule has 0 heterocycles. The monoisotopic (exact) mass is 246 g/mol. The maximum absolute atomic E-state index is 10.9. The summed E-state index contributed by atoms with van der Waals surface area (Å²) >= 11 is 0. The summed E-state index contributed by atoms with van der Waals surface area (Å²) in [6, 6.07) is 0. The second-order valence-corrected chi connectivity index (χ2v) is 9.15. The maximum atomic E-state index is 10.9. The Bertz CT molecular complexity index is 233. The summed E-state index contributed by atoms with van der Waals surface area (Å²) in [6.07, 6.45) is 1.73. The van der Waals surface area contributed by atoms with Crippen LogP contribution in [0.15, 0.2) is 12.2 Å². The molecule has 0 radical (unpaired) electrons. The Kier molecular flexibility index (Phi) is 7.28. The largest absolute Gasteiger partial charge is 0.418 e. The van der Waals surface area contributed by atoms with Gasteiger partial charge in [0.1, 0.15) is 0 Å². The highest BCUT2D eigenvalue weighted by Gasteiger charge is 2.13. The minimum Gasteiger partial charge on any atom is -0.418 e. The van der Waals surface area contributed by atoms with Crippen LogP contribution in [0.4, 0.5) is 0 Å². The average Bonchev–Trinajstić information content (AvgIpc) is 2.14. The molecule has 0 fully saturated rings. The Balaban J connectivity index is 3.29. The molecule has 0 aliphatic heterocycles. The van der Waals surface area contributed by atoms with Crippen molar-refractivity contribution in [3.8, 4) is 0 Å². The maximum Gasteiger partial charge on any atom is 0.368 e. The van der Waals surface area contributed by atoms with E-state index in [4.69, 9.17) is 9.31 Å². The lowest BCUT2D eigenvalue weighted by Crippen LogP contribution is -2.25. The van der Waals surface area contributed by atoms with E-state index in [1.165, 1.54) is 0 Å². The molecule has 0 saturated carbocycles. The van der Waals surface area contributed by atoms with Gasteiger partial charge in [0.25, 0.3) is 0 Å². The van der Waals surface area contributed by atoms with E-state index in [9.17, 15) is 4.79 Å². The van der Waals surface area contributed by atoms with Gasteiger partial charge in [-0.2, -0.15) is 4.89 Å². The lowest BCUT2D eigenvalue weighted by atomic mass is 10.3. The van der Waals surface area contributed by atoms with Gasteiger partial charge in [-0.1, -0.05) is 6.58 Å². The number of unbranched alkanes of at least 4 members (excludes halogenated alkanes) is 1. The highest BCUT2D eigenvalue weighted by molar-refractivity contribution is 6.69. The van der Waals surface area contributed by atoms with Crippen LogP contribution in [0.1, 0.15) is 19.8 Å². The molecular formula is C11H22O4Si. The van der Waals surface area contributed by atoms with E-state index >= 15 is 0 Å². The molecule has 0 rings (SSSR count). The lowest BCUT2D eigenvalue weighted by molar-refractivity contribution is -0.268. The zero-order valence-corrected chi connectivity index (χ0v) is 11.7. The van der Waals surface area contributed by atoms with E-state index in [0.717, 1.165) is 19.4 Å². The molecule has 0 aromatic carbocycles. The molecule has 0 aromatic heterocycles. The van der Waals surface area contributed by atoms with Gasteiger partial charge in [-0.25, -0.2) is 4.79 Å². The summed E-state index contributed by atoms with van der Waals surface area (Å²) in [6.45, 7) is 12.6. The Labute approximate surface area is 98.6 Å². The molecule has 0 atom stereocenters. The van der Waals surface area contributed by atoms with Gasteiger partial charge in [-0.05, 0) is 39.4 Å². The van der Waals surface area contributed by atoms with E-state index in [2.05, 4.69) is 31.1 Å². The quantitative estimate of drug-likeness (QED) is 0.217. The molecule has 0 saturated heterocycles. The van der Waals surface area contributed by atoms with Crippen molar-refractivity contribution in [3.05, 3.63) is 12.2 Å². The van der Waals surface area contributed by atoms with Gasteiger partial charge in [-0.15, -0.1) is 0 Å². The zero-order valence-electron chi connectivity index (χ0n) is 10.7. The molecule has 94 valence electrons. The van der Waals surface area contributed by atoms with Gasteiger partial charge >= 0.3 is 5.97 Å². The molecule has 0 bridgehead atoms. The first-order valence-electron chi connectivity index (χ1n) is 5.46. The molecule has 0 unspecified atom stereocenters. The second kappa shape index (κ2) is 7.59. The summed E-state index contributed by atoms with van der Waals surface area (Å²) < 4.78 is 5.66. The number of hydrogen-bond acceptors (Lipinski definition) is 4. The third-order valence-corrected chi connectivity index (χ3v) is 2.71. The van der Waals surface area contributed by atoms with E-state index < -0.39 is 14.3 Å². The van der Waals surface area contributed by atoms with E-state index in [0.29, 0.717) is 12.2 Å². The molecule has 0 aliphatic carbocycles. The first kappa shape index (κ1) is 15.3. The summed E-state index contributed by atoms with van der Waals surface area (Å²) in [4.78, 5) is 20.1. The smallest absolute Gasteiger partial charge is 0.368 e. The van der Waals surface area contributed by atoms with Crippen molar-refractivity contribution in [2.24, 2.45) is 0 Å². The van der Waals surface area contributed by atoms with Crippen molar-refractivity contribution in [2.45, 2.75) is 39.4 Å². The zero-order chi connectivity index (χ0) is 12.6. The topological polar surface area (TPSA) is 44.8 Å². The molecule has 5 heteroatoms. The van der Waals surface area contributed by atoms with Crippen molar-refractivity contribution in [1.82, 2.24) is 0 Å². The minimum atomic E-state index is -1.40. The first-order chi connectivity index (χ1) is 7.33. The summed E-state index contributed by atoms with van der Waals surface area (Å²) in [5.41, 5.74) is 0.335. The van der Waals surface area contributed by atoms with E-state index in [1.54, 1.807) is 6.92 Å². The fourth-order valence-corrected chi connectivity index (χ4v) is 1.56. The van der Waals surface area contributed by atoms with Crippen molar-refractivity contribution in [1.29, 1.82) is 0 Å². The van der Waals surface area contributed by atoms with Gasteiger partial charge in [0, 0.05) is 12.2 Å². The molecule has 0 amide bonds. The summed E-state index contributed by atoms with van der Waals surface area (Å²) in [7, 11) is -1.40. The predicted molar refractivity (Wildman–Crippen MR) is 65.4 cm³/mol. The molecule has 0 aromatic rings. The van der Waals surface area contributed by atoms with Crippen molar-refractivity contribution < 1.29 is 19.0 Å². The van der Waals surface area contributed by atoms with Crippen LogP contribution in [0.25, 0.3) is 0 Å². The molecular weight excluding hydrogens is 224 g/mol. The van der Waals surface area contributed by atoms with Gasteiger partial charge in [-0.3, -0.25) is 4.89 Å². The van der Waals surface area contributed by atoms with Crippen LogP contribution >= 0.6 is 0 Å². The number of carbonyl (C=O) groups excluding carboxylic acids is 1. The van der Waals surface area contributed by atoms with Crippen LogP contribution in [-0.4, -0.2) is 27.5 Å². The minimum absolute atomic E-state index is 0.335. The van der Waals surface area contributed by atoms with Crippen molar-refractivity contribution >= 4 is 14.3 Å². The molecule has 16 heavy (non-hydrogen) atoms. The van der Waals surface area contributed by atoms with Crippen molar-refractivity contribution in [3.63, 3.8) is 0 Å². The Hall–Kier alpha value is -0.653. The van der Waals surface area contributed by atoms with Crippen LogP contribution in [0.3, 0.4) is 0 Å². The Morgan fingerprint density at radius 1 is 1.19 bits per heavy atom. The fraction of sp³-hybridized carbons (Fsp3) is 0.727. The molecule has 0 N–H and O–H groups in total. The standard InChI is InChI=1S/C11H22O4Si/c1-10(2)11(12)15-13-8-6-7-9-14-16(3,4)5/h1,6-9H2,2-5H3. The van der Waals surface area contributed by atoms with Crippen LogP contribution in [0.2, 0.25) is 19.6 Å². The Morgan fingerprint density at radius 3 is 2.25 bits per heavy atom. The highest BCUT2D eigenvalue weighted by atomic mass is 28.4. The average molecular weight is 246 g/mol. The van der Waals surface area contributed by atoms with E-state index in [-0.39, 0.29) is 0 Å². The molecule has 0 spiro atoms. The predicted octanol–water partition coefficient (Wildman–Crippen LogP) is 2.67. The molecule has 4 nitrogen and oxygen atoms in total. The van der Waals surface area contributed by atoms with Gasteiger partial charge in [0.15, 0.2) is 8.32 Å². The van der Waals surface area contributed by atoms with Gasteiger partial charge in [0.2, 0.25) is 0 Å². The second-order valence-electron chi connectivity index (χ2n) is 4.64. The summed E-state index contributed by atoms with van der Waals surface area (Å²) in [5.74, 6) is -0.515. The summed E-state index contributed by atoms with van der Waals surface area (Å²) in [5, 5.41) is 0. The highest BCUT2D eigenvalue weighted by Crippen LogP contribution is 2.04. The van der Waals surface area contributed by atoms with Crippen LogP contribution < -0.4 is 0 Å². The van der Waals surface area contributed by atoms with Gasteiger partial charge in [0.05, 0.1) is 6.61 Å². The normalized spacial score (nSPS) is 11.2. The van der Waals surface area contributed by atoms with Crippen molar-refractivity contribution in [2.75, 3.05) is 13.2 Å². The van der Waals surface area contributed by atoms with Crippen LogP contribution in [-0.2, 0) is 19.0 Å². The van der Waals surface area contributed by atoms with Crippen LogP contribution in [0.5, 0.6) is 0 Å². The molecule has 0 aliphatic rings. The fourth-order valence-electron chi connectivity index (χ4n) is 0.808. The third-order valence-electron chi connectivity index (χ3n) is 1.64. The van der Waals surface area contributed by atoms with Gasteiger partial charge < -0.3 is 4.43 Å². The number of rotatable bonds is 8. The first-order valence-corrected chi connectivity index (χ1v) is 8.87. The number of carbonyl (C=O) groups is 1. The third kappa shape index (κ3) is 9.89. The number of hydrogen-bond donors (Lipinski definition) is 0.